The molecule has 1 atom stereocenters. The van der Waals surface area contributed by atoms with Crippen molar-refractivity contribution in [2.75, 3.05) is 23.7 Å². The standard InChI is InChI=1S/C18H25N3/c1-13(2)14-4-3-10-21(11-8-14)17-6-5-15-12-20-9-7-16(15)18(17)19/h5-7,9,12-14H,3-4,8,10-11,19H2,1-2H3. The molecule has 1 aromatic carbocycles. The molecule has 1 aromatic heterocycles. The number of pyridine rings is 1. The second-order valence-electron chi connectivity index (χ2n) is 6.52. The highest BCUT2D eigenvalue weighted by Gasteiger charge is 2.21. The van der Waals surface area contributed by atoms with Gasteiger partial charge in [0.1, 0.15) is 0 Å². The van der Waals surface area contributed by atoms with E-state index in [0.717, 1.165) is 41.4 Å². The van der Waals surface area contributed by atoms with Crippen molar-refractivity contribution in [3.63, 3.8) is 0 Å². The van der Waals surface area contributed by atoms with Gasteiger partial charge >= 0.3 is 0 Å². The van der Waals surface area contributed by atoms with Crippen LogP contribution in [0.3, 0.4) is 0 Å². The minimum atomic E-state index is 0.782. The van der Waals surface area contributed by atoms with Gasteiger partial charge in [-0.3, -0.25) is 4.98 Å². The van der Waals surface area contributed by atoms with Crippen LogP contribution in [0.15, 0.2) is 30.6 Å². The fraction of sp³-hybridized carbons (Fsp3) is 0.500. The van der Waals surface area contributed by atoms with Gasteiger partial charge < -0.3 is 10.6 Å². The summed E-state index contributed by atoms with van der Waals surface area (Å²) >= 11 is 0. The number of benzene rings is 1. The summed E-state index contributed by atoms with van der Waals surface area (Å²) in [6.07, 6.45) is 7.57. The molecule has 112 valence electrons. The Kier molecular flexibility index (Phi) is 4.00. The highest BCUT2D eigenvalue weighted by Crippen LogP contribution is 2.34. The second kappa shape index (κ2) is 5.92. The first kappa shape index (κ1) is 14.2. The number of nitrogens with zero attached hydrogens (tertiary/aromatic N) is 2. The van der Waals surface area contributed by atoms with E-state index in [1.165, 1.54) is 24.9 Å². The lowest BCUT2D eigenvalue weighted by atomic mass is 9.89. The number of aromatic nitrogens is 1. The van der Waals surface area contributed by atoms with E-state index in [2.05, 4.69) is 35.9 Å². The van der Waals surface area contributed by atoms with Crippen molar-refractivity contribution in [2.24, 2.45) is 11.8 Å². The molecule has 0 saturated carbocycles. The molecule has 21 heavy (non-hydrogen) atoms. The van der Waals surface area contributed by atoms with Gasteiger partial charge in [0.25, 0.3) is 0 Å². The van der Waals surface area contributed by atoms with Crippen LogP contribution in [-0.4, -0.2) is 18.1 Å². The largest absolute Gasteiger partial charge is 0.397 e. The molecule has 2 N–H and O–H groups in total. The minimum absolute atomic E-state index is 0.782. The number of fused-ring (bicyclic) bond motifs is 1. The molecule has 0 spiro atoms. The van der Waals surface area contributed by atoms with Crippen LogP contribution in [0.5, 0.6) is 0 Å². The molecular weight excluding hydrogens is 258 g/mol. The van der Waals surface area contributed by atoms with Crippen molar-refractivity contribution in [1.82, 2.24) is 4.98 Å². The number of nitrogens with two attached hydrogens (primary N) is 1. The zero-order chi connectivity index (χ0) is 14.8. The molecule has 1 saturated heterocycles. The molecule has 1 unspecified atom stereocenters. The predicted molar refractivity (Wildman–Crippen MR) is 90.5 cm³/mol. The highest BCUT2D eigenvalue weighted by molar-refractivity contribution is 5.98. The van der Waals surface area contributed by atoms with Crippen LogP contribution in [0.4, 0.5) is 11.4 Å². The molecule has 3 rings (SSSR count). The van der Waals surface area contributed by atoms with Gasteiger partial charge in [0.15, 0.2) is 0 Å². The summed E-state index contributed by atoms with van der Waals surface area (Å²) in [5, 5.41) is 2.24. The molecule has 3 heteroatoms. The number of anilines is 2. The molecule has 3 nitrogen and oxygen atoms in total. The van der Waals surface area contributed by atoms with Gasteiger partial charge in [-0.25, -0.2) is 0 Å². The quantitative estimate of drug-likeness (QED) is 0.844. The Morgan fingerprint density at radius 3 is 2.86 bits per heavy atom. The van der Waals surface area contributed by atoms with E-state index in [4.69, 9.17) is 5.73 Å². The van der Waals surface area contributed by atoms with Gasteiger partial charge in [0.05, 0.1) is 11.4 Å². The zero-order valence-electron chi connectivity index (χ0n) is 13.0. The molecule has 1 aliphatic rings. The van der Waals surface area contributed by atoms with E-state index in [1.54, 1.807) is 0 Å². The van der Waals surface area contributed by atoms with E-state index >= 15 is 0 Å². The third-order valence-corrected chi connectivity index (χ3v) is 4.90. The molecule has 2 aromatic rings. The van der Waals surface area contributed by atoms with Gasteiger partial charge in [0.2, 0.25) is 0 Å². The Labute approximate surface area is 127 Å². The molecule has 1 fully saturated rings. The normalized spacial score (nSPS) is 20.0. The van der Waals surface area contributed by atoms with Crippen molar-refractivity contribution in [2.45, 2.75) is 33.1 Å². The summed E-state index contributed by atoms with van der Waals surface area (Å²) in [6.45, 7) is 6.92. The first-order chi connectivity index (χ1) is 10.2. The molecule has 1 aliphatic heterocycles. The minimum Gasteiger partial charge on any atom is -0.397 e. The summed E-state index contributed by atoms with van der Waals surface area (Å²) in [5.74, 6) is 1.63. The number of hydrogen-bond donors (Lipinski definition) is 1. The fourth-order valence-electron chi connectivity index (χ4n) is 3.49. The van der Waals surface area contributed by atoms with Gasteiger partial charge in [-0.1, -0.05) is 19.9 Å². The fourth-order valence-corrected chi connectivity index (χ4v) is 3.49. The van der Waals surface area contributed by atoms with Gasteiger partial charge in [-0.2, -0.15) is 0 Å². The van der Waals surface area contributed by atoms with E-state index < -0.39 is 0 Å². The van der Waals surface area contributed by atoms with Crippen LogP contribution in [0.25, 0.3) is 10.8 Å². The summed E-state index contributed by atoms with van der Waals surface area (Å²) in [4.78, 5) is 6.64. The van der Waals surface area contributed by atoms with E-state index in [1.807, 2.05) is 18.5 Å². The van der Waals surface area contributed by atoms with Crippen LogP contribution < -0.4 is 10.6 Å². The third kappa shape index (κ3) is 2.82. The molecule has 0 aliphatic carbocycles. The first-order valence-corrected chi connectivity index (χ1v) is 8.04. The average molecular weight is 283 g/mol. The monoisotopic (exact) mass is 283 g/mol. The Morgan fingerprint density at radius 2 is 2.05 bits per heavy atom. The summed E-state index contributed by atoms with van der Waals surface area (Å²) in [7, 11) is 0. The van der Waals surface area contributed by atoms with Gasteiger partial charge in [-0.15, -0.1) is 0 Å². The van der Waals surface area contributed by atoms with Crippen molar-refractivity contribution >= 4 is 22.1 Å². The van der Waals surface area contributed by atoms with Crippen LogP contribution in [0.2, 0.25) is 0 Å². The Balaban J connectivity index is 1.88. The van der Waals surface area contributed by atoms with Crippen LogP contribution in [0, 0.1) is 11.8 Å². The van der Waals surface area contributed by atoms with Crippen molar-refractivity contribution in [3.8, 4) is 0 Å². The van der Waals surface area contributed by atoms with E-state index in [-0.39, 0.29) is 0 Å². The van der Waals surface area contributed by atoms with Crippen LogP contribution >= 0.6 is 0 Å². The summed E-state index contributed by atoms with van der Waals surface area (Å²) in [5.41, 5.74) is 8.52. The smallest absolute Gasteiger partial charge is 0.0632 e. The maximum atomic E-state index is 6.43. The Hall–Kier alpha value is -1.77. The third-order valence-electron chi connectivity index (χ3n) is 4.90. The lowest BCUT2D eigenvalue weighted by molar-refractivity contribution is 0.351. The SMILES string of the molecule is CC(C)C1CCCN(c2ccc3cnccc3c2N)CC1. The first-order valence-electron chi connectivity index (χ1n) is 8.04. The van der Waals surface area contributed by atoms with Crippen LogP contribution in [-0.2, 0) is 0 Å². The zero-order valence-corrected chi connectivity index (χ0v) is 13.0. The number of rotatable bonds is 2. The molecule has 0 bridgehead atoms. The predicted octanol–water partition coefficient (Wildman–Crippen LogP) is 4.08. The number of hydrogen-bond acceptors (Lipinski definition) is 3. The average Bonchev–Trinajstić information content (AvgIpc) is 2.74. The maximum Gasteiger partial charge on any atom is 0.0632 e. The van der Waals surface area contributed by atoms with E-state index in [9.17, 15) is 0 Å². The number of nitrogen functional groups attached to an aromatic ring is 1. The lowest BCUT2D eigenvalue weighted by Crippen LogP contribution is -2.25. The molecule has 0 radical (unpaired) electrons. The van der Waals surface area contributed by atoms with Gasteiger partial charge in [0, 0.05) is 36.3 Å². The molecule has 2 heterocycles. The highest BCUT2D eigenvalue weighted by atomic mass is 15.1. The Bertz CT molecular complexity index is 621. The summed E-state index contributed by atoms with van der Waals surface area (Å²) < 4.78 is 0. The Morgan fingerprint density at radius 1 is 1.19 bits per heavy atom. The maximum absolute atomic E-state index is 6.43. The van der Waals surface area contributed by atoms with Crippen molar-refractivity contribution < 1.29 is 0 Å². The second-order valence-corrected chi connectivity index (χ2v) is 6.52. The molecular formula is C18H25N3. The topological polar surface area (TPSA) is 42.2 Å². The van der Waals surface area contributed by atoms with Crippen LogP contribution in [0.1, 0.15) is 33.1 Å². The van der Waals surface area contributed by atoms with Crippen molar-refractivity contribution in [3.05, 3.63) is 30.6 Å². The van der Waals surface area contributed by atoms with E-state index in [0.29, 0.717) is 0 Å². The lowest BCUT2D eigenvalue weighted by Gasteiger charge is -2.25. The summed E-state index contributed by atoms with van der Waals surface area (Å²) in [6, 6.07) is 6.32. The van der Waals surface area contributed by atoms with Gasteiger partial charge in [-0.05, 0) is 43.2 Å². The molecule has 0 amide bonds. The van der Waals surface area contributed by atoms with Crippen molar-refractivity contribution in [1.29, 1.82) is 0 Å².